The number of hydrogen-bond acceptors (Lipinski definition) is 4. The molecule has 0 spiro atoms. The van der Waals surface area contributed by atoms with Crippen LogP contribution in [0.4, 0.5) is 0 Å². The summed E-state index contributed by atoms with van der Waals surface area (Å²) in [7, 11) is 1.58. The average molecular weight is 286 g/mol. The molecule has 102 valence electrons. The van der Waals surface area contributed by atoms with Gasteiger partial charge in [-0.05, 0) is 36.3 Å². The van der Waals surface area contributed by atoms with Crippen LogP contribution in [0.15, 0.2) is 30.6 Å². The first-order valence-electron chi connectivity index (χ1n) is 6.33. The number of methoxy groups -OCH3 is 1. The smallest absolute Gasteiger partial charge is 0.242 e. The third-order valence-electron chi connectivity index (χ3n) is 3.24. The highest BCUT2D eigenvalue weighted by Crippen LogP contribution is 2.23. The molecule has 20 heavy (non-hydrogen) atoms. The zero-order valence-corrected chi connectivity index (χ0v) is 12.1. The number of ether oxygens (including phenoxy) is 1. The van der Waals surface area contributed by atoms with Gasteiger partial charge in [0.25, 0.3) is 0 Å². The van der Waals surface area contributed by atoms with Crippen LogP contribution in [0, 0.1) is 4.77 Å². The van der Waals surface area contributed by atoms with Crippen LogP contribution in [-0.4, -0.2) is 26.6 Å². The van der Waals surface area contributed by atoms with Crippen molar-refractivity contribution < 1.29 is 4.74 Å². The van der Waals surface area contributed by atoms with E-state index in [-0.39, 0.29) is 0 Å². The average Bonchev–Trinajstić information content (AvgIpc) is 2.83. The molecule has 0 saturated carbocycles. The van der Waals surface area contributed by atoms with Gasteiger partial charge in [-0.1, -0.05) is 19.1 Å². The van der Waals surface area contributed by atoms with Crippen LogP contribution in [0.2, 0.25) is 0 Å². The van der Waals surface area contributed by atoms with Gasteiger partial charge in [-0.3, -0.25) is 4.57 Å². The molecule has 0 aliphatic carbocycles. The third kappa shape index (κ3) is 1.98. The van der Waals surface area contributed by atoms with Crippen molar-refractivity contribution in [3.05, 3.63) is 40.9 Å². The number of fused-ring (bicyclic) bond motifs is 1. The van der Waals surface area contributed by atoms with Gasteiger partial charge in [0.1, 0.15) is 11.8 Å². The number of imidazole rings is 1. The van der Waals surface area contributed by atoms with Crippen molar-refractivity contribution in [2.75, 3.05) is 7.11 Å². The van der Waals surface area contributed by atoms with Crippen molar-refractivity contribution in [3.8, 4) is 11.6 Å². The Hall–Kier alpha value is -2.21. The highest BCUT2D eigenvalue weighted by atomic mass is 32.1. The van der Waals surface area contributed by atoms with Crippen molar-refractivity contribution >= 4 is 23.4 Å². The predicted molar refractivity (Wildman–Crippen MR) is 80.0 cm³/mol. The molecular weight excluding hydrogens is 272 g/mol. The number of H-pyrrole nitrogens is 1. The molecular formula is C14H14N4OS. The van der Waals surface area contributed by atoms with Crippen molar-refractivity contribution in [2.45, 2.75) is 13.3 Å². The van der Waals surface area contributed by atoms with Crippen molar-refractivity contribution in [3.63, 3.8) is 0 Å². The van der Waals surface area contributed by atoms with E-state index in [4.69, 9.17) is 17.0 Å². The van der Waals surface area contributed by atoms with Gasteiger partial charge in [0.15, 0.2) is 10.4 Å². The lowest BCUT2D eigenvalue weighted by Gasteiger charge is -2.05. The molecule has 0 atom stereocenters. The van der Waals surface area contributed by atoms with Crippen molar-refractivity contribution in [2.24, 2.45) is 0 Å². The Labute approximate surface area is 121 Å². The summed E-state index contributed by atoms with van der Waals surface area (Å²) in [6, 6.07) is 8.26. The summed E-state index contributed by atoms with van der Waals surface area (Å²) in [4.78, 5) is 11.5. The fourth-order valence-corrected chi connectivity index (χ4v) is 2.47. The summed E-state index contributed by atoms with van der Waals surface area (Å²) >= 11 is 5.39. The molecule has 0 aliphatic rings. The molecule has 2 heterocycles. The third-order valence-corrected chi connectivity index (χ3v) is 3.52. The van der Waals surface area contributed by atoms with E-state index in [2.05, 4.69) is 34.0 Å². The number of aromatic amines is 1. The van der Waals surface area contributed by atoms with Gasteiger partial charge in [0.05, 0.1) is 7.11 Å². The monoisotopic (exact) mass is 286 g/mol. The normalized spacial score (nSPS) is 10.9. The molecule has 0 amide bonds. The first kappa shape index (κ1) is 12.8. The Morgan fingerprint density at radius 2 is 2.00 bits per heavy atom. The Morgan fingerprint density at radius 3 is 2.65 bits per heavy atom. The molecule has 0 radical (unpaired) electrons. The van der Waals surface area contributed by atoms with E-state index in [0.29, 0.717) is 21.8 Å². The van der Waals surface area contributed by atoms with E-state index in [1.54, 1.807) is 7.11 Å². The van der Waals surface area contributed by atoms with Gasteiger partial charge in [0.2, 0.25) is 5.88 Å². The molecule has 2 aromatic heterocycles. The fourth-order valence-electron chi connectivity index (χ4n) is 2.17. The second-order valence-electron chi connectivity index (χ2n) is 4.37. The molecule has 3 aromatic rings. The maximum atomic E-state index is 5.39. The standard InChI is InChI=1S/C14H14N4OS/c1-3-9-4-6-10(7-5-9)18-12-11(17-14(18)20)13(19-2)16-8-15-12/h4-8H,3H2,1-2H3,(H,17,20). The van der Waals surface area contributed by atoms with Crippen LogP contribution < -0.4 is 4.74 Å². The van der Waals surface area contributed by atoms with Gasteiger partial charge >= 0.3 is 0 Å². The molecule has 0 saturated heterocycles. The number of aromatic nitrogens is 4. The highest BCUT2D eigenvalue weighted by Gasteiger charge is 2.12. The maximum Gasteiger partial charge on any atom is 0.242 e. The number of aryl methyl sites for hydroxylation is 1. The lowest BCUT2D eigenvalue weighted by atomic mass is 10.1. The number of hydrogen-bond donors (Lipinski definition) is 1. The summed E-state index contributed by atoms with van der Waals surface area (Å²) in [5, 5.41) is 0. The minimum Gasteiger partial charge on any atom is -0.479 e. The van der Waals surface area contributed by atoms with E-state index in [0.717, 1.165) is 12.1 Å². The second kappa shape index (κ2) is 5.05. The Kier molecular flexibility index (Phi) is 3.23. The van der Waals surface area contributed by atoms with Crippen molar-refractivity contribution in [1.82, 2.24) is 19.5 Å². The molecule has 3 rings (SSSR count). The summed E-state index contributed by atoms with van der Waals surface area (Å²) in [5.74, 6) is 0.491. The first-order valence-corrected chi connectivity index (χ1v) is 6.74. The Bertz CT molecular complexity index is 804. The number of benzene rings is 1. The second-order valence-corrected chi connectivity index (χ2v) is 4.75. The first-order chi connectivity index (χ1) is 9.74. The topological polar surface area (TPSA) is 55.7 Å². The maximum absolute atomic E-state index is 5.39. The molecule has 5 nitrogen and oxygen atoms in total. The van der Waals surface area contributed by atoms with E-state index < -0.39 is 0 Å². The van der Waals surface area contributed by atoms with E-state index >= 15 is 0 Å². The number of nitrogens with one attached hydrogen (secondary N) is 1. The van der Waals surface area contributed by atoms with Crippen LogP contribution in [0.25, 0.3) is 16.9 Å². The largest absolute Gasteiger partial charge is 0.479 e. The molecule has 1 N–H and O–H groups in total. The summed E-state index contributed by atoms with van der Waals surface area (Å²) in [6.07, 6.45) is 2.48. The van der Waals surface area contributed by atoms with Gasteiger partial charge in [-0.2, -0.15) is 4.98 Å². The zero-order chi connectivity index (χ0) is 14.1. The highest BCUT2D eigenvalue weighted by molar-refractivity contribution is 7.71. The Morgan fingerprint density at radius 1 is 1.25 bits per heavy atom. The minimum absolute atomic E-state index is 0.491. The quantitative estimate of drug-likeness (QED) is 0.752. The molecule has 1 aromatic carbocycles. The van der Waals surface area contributed by atoms with Gasteiger partial charge < -0.3 is 9.72 Å². The lowest BCUT2D eigenvalue weighted by molar-refractivity contribution is 0.401. The Balaban J connectivity index is 2.25. The van der Waals surface area contributed by atoms with Crippen LogP contribution in [0.3, 0.4) is 0 Å². The molecule has 0 bridgehead atoms. The SMILES string of the molecule is CCc1ccc(-n2c(=S)[nH]c3c(OC)ncnc32)cc1. The molecule has 6 heteroatoms. The summed E-state index contributed by atoms with van der Waals surface area (Å²) in [5.41, 5.74) is 3.68. The van der Waals surface area contributed by atoms with Crippen LogP contribution in [0.1, 0.15) is 12.5 Å². The number of nitrogens with zero attached hydrogens (tertiary/aromatic N) is 3. The van der Waals surface area contributed by atoms with Gasteiger partial charge in [-0.25, -0.2) is 4.98 Å². The lowest BCUT2D eigenvalue weighted by Crippen LogP contribution is -1.97. The van der Waals surface area contributed by atoms with Gasteiger partial charge in [-0.15, -0.1) is 0 Å². The zero-order valence-electron chi connectivity index (χ0n) is 11.3. The van der Waals surface area contributed by atoms with Crippen LogP contribution >= 0.6 is 12.2 Å². The number of rotatable bonds is 3. The molecule has 0 fully saturated rings. The predicted octanol–water partition coefficient (Wildman–Crippen LogP) is 3.05. The van der Waals surface area contributed by atoms with E-state index in [9.17, 15) is 0 Å². The van der Waals surface area contributed by atoms with Gasteiger partial charge in [0, 0.05) is 5.69 Å². The molecule has 0 aliphatic heterocycles. The van der Waals surface area contributed by atoms with E-state index in [1.807, 2.05) is 16.7 Å². The summed E-state index contributed by atoms with van der Waals surface area (Å²) in [6.45, 7) is 2.13. The minimum atomic E-state index is 0.491. The van der Waals surface area contributed by atoms with Crippen LogP contribution in [-0.2, 0) is 6.42 Å². The van der Waals surface area contributed by atoms with Crippen LogP contribution in [0.5, 0.6) is 5.88 Å². The fraction of sp³-hybridized carbons (Fsp3) is 0.214. The van der Waals surface area contributed by atoms with Crippen molar-refractivity contribution in [1.29, 1.82) is 0 Å². The molecule has 0 unspecified atom stereocenters. The van der Waals surface area contributed by atoms with E-state index in [1.165, 1.54) is 11.9 Å². The summed E-state index contributed by atoms with van der Waals surface area (Å²) < 4.78 is 7.68.